The highest BCUT2D eigenvalue weighted by Crippen LogP contribution is 2.26. The number of aromatic hydroxyl groups is 1. The maximum atomic E-state index is 12.1. The number of aryl methyl sites for hydroxylation is 1. The normalized spacial score (nSPS) is 11.0. The Morgan fingerprint density at radius 3 is 2.62 bits per heavy atom. The number of amides is 1. The number of pyridine rings is 1. The van der Waals surface area contributed by atoms with Gasteiger partial charge in [-0.15, -0.1) is 0 Å². The Kier molecular flexibility index (Phi) is 5.23. The lowest BCUT2D eigenvalue weighted by Crippen LogP contribution is -2.33. The van der Waals surface area contributed by atoms with Gasteiger partial charge in [0, 0.05) is 5.39 Å². The molecule has 1 amide bonds. The number of carboxylic acid groups (broad SMARTS) is 1. The zero-order valence-electron chi connectivity index (χ0n) is 13.5. The lowest BCUT2D eigenvalue weighted by atomic mass is 10.0. The number of aromatic nitrogens is 1. The zero-order valence-corrected chi connectivity index (χ0v) is 13.5. The number of aromatic amines is 1. The van der Waals surface area contributed by atoms with Gasteiger partial charge >= 0.3 is 5.97 Å². The lowest BCUT2D eigenvalue weighted by Gasteiger charge is -2.09. The smallest absolute Gasteiger partial charge is 0.322 e. The quantitative estimate of drug-likeness (QED) is 0.641. The zero-order chi connectivity index (χ0) is 17.9. The minimum atomic E-state index is -1.24. The van der Waals surface area contributed by atoms with E-state index in [1.165, 1.54) is 0 Å². The number of benzene rings is 1. The van der Waals surface area contributed by atoms with E-state index >= 15 is 0 Å². The number of carbonyl (C=O) groups excluding carboxylic acids is 1. The van der Waals surface area contributed by atoms with Crippen LogP contribution >= 0.6 is 0 Å². The third-order valence-corrected chi connectivity index (χ3v) is 3.69. The molecule has 0 atom stereocenters. The largest absolute Gasteiger partial charge is 0.506 e. The summed E-state index contributed by atoms with van der Waals surface area (Å²) in [6, 6.07) is 5.25. The molecular formula is C17H20N2O5. The van der Waals surface area contributed by atoms with Crippen molar-refractivity contribution in [2.75, 3.05) is 6.54 Å². The van der Waals surface area contributed by atoms with E-state index in [1.807, 2.05) is 6.07 Å². The van der Waals surface area contributed by atoms with Crippen LogP contribution in [0.4, 0.5) is 0 Å². The molecule has 2 aromatic rings. The highest BCUT2D eigenvalue weighted by Gasteiger charge is 2.19. The van der Waals surface area contributed by atoms with Crippen LogP contribution in [0.2, 0.25) is 0 Å². The Labute approximate surface area is 138 Å². The van der Waals surface area contributed by atoms with Crippen molar-refractivity contribution in [3.05, 3.63) is 39.7 Å². The van der Waals surface area contributed by atoms with E-state index in [0.717, 1.165) is 18.4 Å². The van der Waals surface area contributed by atoms with Crippen molar-refractivity contribution in [3.8, 4) is 5.75 Å². The fraction of sp³-hybridized carbons (Fsp3) is 0.353. The molecule has 24 heavy (non-hydrogen) atoms. The number of nitrogens with one attached hydrogen (secondary N) is 2. The summed E-state index contributed by atoms with van der Waals surface area (Å²) in [5.74, 6) is -2.07. The molecule has 7 heteroatoms. The van der Waals surface area contributed by atoms with Gasteiger partial charge in [-0.2, -0.15) is 0 Å². The molecule has 0 radical (unpaired) electrons. The monoisotopic (exact) mass is 332 g/mol. The molecule has 0 spiro atoms. The molecule has 0 saturated heterocycles. The molecule has 4 N–H and O–H groups in total. The summed E-state index contributed by atoms with van der Waals surface area (Å²) in [4.78, 5) is 37.1. The molecule has 1 aromatic heterocycles. The van der Waals surface area contributed by atoms with Crippen LogP contribution in [-0.4, -0.2) is 33.6 Å². The number of hydrogen-bond donors (Lipinski definition) is 4. The van der Waals surface area contributed by atoms with E-state index < -0.39 is 35.3 Å². The molecule has 1 heterocycles. The van der Waals surface area contributed by atoms with Gasteiger partial charge in [-0.05, 0) is 36.5 Å². The maximum absolute atomic E-state index is 12.1. The van der Waals surface area contributed by atoms with Gasteiger partial charge in [0.2, 0.25) is 0 Å². The third-order valence-electron chi connectivity index (χ3n) is 3.69. The summed E-state index contributed by atoms with van der Waals surface area (Å²) in [5.41, 5.74) is 0.213. The number of rotatable bonds is 6. The highest BCUT2D eigenvalue weighted by atomic mass is 16.4. The number of fused-ring (bicyclic) bond motifs is 1. The Hall–Kier alpha value is -2.83. The Balaban J connectivity index is 2.39. The minimum Gasteiger partial charge on any atom is -0.506 e. The topological polar surface area (TPSA) is 119 Å². The van der Waals surface area contributed by atoms with E-state index in [0.29, 0.717) is 16.8 Å². The Morgan fingerprint density at radius 2 is 2.00 bits per heavy atom. The first-order valence-corrected chi connectivity index (χ1v) is 7.67. The Bertz CT molecular complexity index is 839. The number of carbonyl (C=O) groups is 2. The predicted octanol–water partition coefficient (Wildman–Crippen LogP) is 1.64. The SMILES string of the molecule is CC(C)CCc1ccc2c(O)c(C(=O)NCC(=O)O)c(=O)[nH]c2c1. The third kappa shape index (κ3) is 3.92. The molecule has 7 nitrogen and oxygen atoms in total. The number of aliphatic carboxylic acids is 1. The van der Waals surface area contributed by atoms with Gasteiger partial charge in [-0.3, -0.25) is 14.4 Å². The molecule has 0 saturated carbocycles. The van der Waals surface area contributed by atoms with Crippen LogP contribution in [0.15, 0.2) is 23.0 Å². The fourth-order valence-electron chi connectivity index (χ4n) is 2.39. The molecule has 128 valence electrons. The molecular weight excluding hydrogens is 312 g/mol. The molecule has 0 aliphatic carbocycles. The predicted molar refractivity (Wildman–Crippen MR) is 89.4 cm³/mol. The summed E-state index contributed by atoms with van der Waals surface area (Å²) >= 11 is 0. The van der Waals surface area contributed by atoms with Crippen molar-refractivity contribution >= 4 is 22.8 Å². The van der Waals surface area contributed by atoms with Gasteiger partial charge in [0.15, 0.2) is 0 Å². The van der Waals surface area contributed by atoms with Crippen molar-refractivity contribution in [1.29, 1.82) is 0 Å². The molecule has 0 unspecified atom stereocenters. The van der Waals surface area contributed by atoms with Crippen molar-refractivity contribution in [2.45, 2.75) is 26.7 Å². The molecule has 0 fully saturated rings. The van der Waals surface area contributed by atoms with E-state index in [2.05, 4.69) is 24.1 Å². The van der Waals surface area contributed by atoms with E-state index in [-0.39, 0.29) is 0 Å². The maximum Gasteiger partial charge on any atom is 0.322 e. The minimum absolute atomic E-state index is 0.336. The van der Waals surface area contributed by atoms with E-state index in [4.69, 9.17) is 5.11 Å². The van der Waals surface area contributed by atoms with Gasteiger partial charge in [0.25, 0.3) is 11.5 Å². The Morgan fingerprint density at radius 1 is 1.29 bits per heavy atom. The first-order chi connectivity index (χ1) is 11.3. The van der Waals surface area contributed by atoms with Gasteiger partial charge in [0.05, 0.1) is 5.52 Å². The second kappa shape index (κ2) is 7.16. The van der Waals surface area contributed by atoms with E-state index in [9.17, 15) is 19.5 Å². The highest BCUT2D eigenvalue weighted by molar-refractivity contribution is 6.02. The summed E-state index contributed by atoms with van der Waals surface area (Å²) in [5, 5.41) is 21.2. The summed E-state index contributed by atoms with van der Waals surface area (Å²) in [6.45, 7) is 3.61. The van der Waals surface area contributed by atoms with E-state index in [1.54, 1.807) is 12.1 Å². The lowest BCUT2D eigenvalue weighted by molar-refractivity contribution is -0.135. The molecule has 0 aliphatic heterocycles. The van der Waals surface area contributed by atoms with Crippen molar-refractivity contribution < 1.29 is 19.8 Å². The number of H-pyrrole nitrogens is 1. The summed E-state index contributed by atoms with van der Waals surface area (Å²) < 4.78 is 0. The number of hydrogen-bond acceptors (Lipinski definition) is 4. The van der Waals surface area contributed by atoms with Crippen LogP contribution < -0.4 is 10.9 Å². The average molecular weight is 332 g/mol. The van der Waals surface area contributed by atoms with Crippen LogP contribution in [0.25, 0.3) is 10.9 Å². The van der Waals surface area contributed by atoms with Crippen LogP contribution in [0.3, 0.4) is 0 Å². The standard InChI is InChI=1S/C17H20N2O5/c1-9(2)3-4-10-5-6-11-12(7-10)19-17(24)14(15(11)22)16(23)18-8-13(20)21/h5-7,9H,3-4,8H2,1-2H3,(H,18,23)(H,20,21)(H2,19,22,24). The van der Waals surface area contributed by atoms with Crippen molar-refractivity contribution in [2.24, 2.45) is 5.92 Å². The van der Waals surface area contributed by atoms with Gasteiger partial charge in [-0.25, -0.2) is 0 Å². The molecule has 0 bridgehead atoms. The molecule has 2 rings (SSSR count). The van der Waals surface area contributed by atoms with Crippen molar-refractivity contribution in [1.82, 2.24) is 10.3 Å². The van der Waals surface area contributed by atoms with Gasteiger partial charge < -0.3 is 20.5 Å². The molecule has 1 aromatic carbocycles. The summed E-state index contributed by atoms with van der Waals surface area (Å²) in [6.07, 6.45) is 1.84. The van der Waals surface area contributed by atoms with Crippen LogP contribution in [0.1, 0.15) is 36.2 Å². The van der Waals surface area contributed by atoms with Crippen LogP contribution in [-0.2, 0) is 11.2 Å². The molecule has 0 aliphatic rings. The second-order valence-electron chi connectivity index (χ2n) is 6.07. The average Bonchev–Trinajstić information content (AvgIpc) is 2.50. The van der Waals surface area contributed by atoms with Gasteiger partial charge in [0.1, 0.15) is 17.9 Å². The van der Waals surface area contributed by atoms with Crippen LogP contribution in [0, 0.1) is 5.92 Å². The van der Waals surface area contributed by atoms with Gasteiger partial charge in [-0.1, -0.05) is 19.9 Å². The number of carboxylic acids is 1. The fourth-order valence-corrected chi connectivity index (χ4v) is 2.39. The summed E-state index contributed by atoms with van der Waals surface area (Å²) in [7, 11) is 0. The first-order valence-electron chi connectivity index (χ1n) is 7.67. The van der Waals surface area contributed by atoms with Crippen LogP contribution in [0.5, 0.6) is 5.75 Å². The second-order valence-corrected chi connectivity index (χ2v) is 6.07. The van der Waals surface area contributed by atoms with Crippen molar-refractivity contribution in [3.63, 3.8) is 0 Å². The first kappa shape index (κ1) is 17.5.